The Balaban J connectivity index is 1.44. The number of benzene rings is 2. The van der Waals surface area contributed by atoms with Crippen LogP contribution in [0.4, 0.5) is 15.8 Å². The van der Waals surface area contributed by atoms with Crippen LogP contribution in [0.2, 0.25) is 5.02 Å². The highest BCUT2D eigenvalue weighted by atomic mass is 35.5. The van der Waals surface area contributed by atoms with Crippen LogP contribution in [0, 0.1) is 11.8 Å². The second-order valence-electron chi connectivity index (χ2n) is 7.95. The van der Waals surface area contributed by atoms with Crippen LogP contribution in [0.1, 0.15) is 24.8 Å². The SMILES string of the molecule is Nc1c(NCC2CC2)ccc(-c2ccc(CN3CCC(CF)C3)cc2)c1Cl. The van der Waals surface area contributed by atoms with Crippen LogP contribution in [0.3, 0.4) is 0 Å². The Hall–Kier alpha value is -1.78. The van der Waals surface area contributed by atoms with E-state index < -0.39 is 0 Å². The second kappa shape index (κ2) is 8.07. The van der Waals surface area contributed by atoms with Crippen molar-refractivity contribution in [2.75, 3.05) is 37.4 Å². The van der Waals surface area contributed by atoms with Gasteiger partial charge >= 0.3 is 0 Å². The molecule has 2 aromatic rings. The number of anilines is 2. The number of alkyl halides is 1. The van der Waals surface area contributed by atoms with Crippen LogP contribution in [0.15, 0.2) is 36.4 Å². The quantitative estimate of drug-likeness (QED) is 0.641. The minimum absolute atomic E-state index is 0.207. The van der Waals surface area contributed by atoms with Gasteiger partial charge in [-0.25, -0.2) is 0 Å². The van der Waals surface area contributed by atoms with Gasteiger partial charge < -0.3 is 11.1 Å². The summed E-state index contributed by atoms with van der Waals surface area (Å²) in [7, 11) is 0. The van der Waals surface area contributed by atoms with Crippen molar-refractivity contribution in [2.45, 2.75) is 25.8 Å². The molecule has 1 atom stereocenters. The fourth-order valence-corrected chi connectivity index (χ4v) is 4.05. The summed E-state index contributed by atoms with van der Waals surface area (Å²) in [4.78, 5) is 2.32. The first-order chi connectivity index (χ1) is 13.1. The van der Waals surface area contributed by atoms with E-state index in [-0.39, 0.29) is 12.6 Å². The van der Waals surface area contributed by atoms with Crippen LogP contribution in [0.25, 0.3) is 11.1 Å². The molecule has 2 fully saturated rings. The zero-order valence-corrected chi connectivity index (χ0v) is 16.3. The highest BCUT2D eigenvalue weighted by molar-refractivity contribution is 6.36. The minimum atomic E-state index is -0.207. The summed E-state index contributed by atoms with van der Waals surface area (Å²) in [5.74, 6) is 0.990. The number of nitrogens with two attached hydrogens (primary N) is 1. The topological polar surface area (TPSA) is 41.3 Å². The van der Waals surface area contributed by atoms with Crippen molar-refractivity contribution in [3.8, 4) is 11.1 Å². The van der Waals surface area contributed by atoms with Gasteiger partial charge in [0.2, 0.25) is 0 Å². The molecule has 0 bridgehead atoms. The molecule has 1 saturated carbocycles. The summed E-state index contributed by atoms with van der Waals surface area (Å²) < 4.78 is 12.8. The van der Waals surface area contributed by atoms with Crippen LogP contribution >= 0.6 is 11.6 Å². The van der Waals surface area contributed by atoms with Gasteiger partial charge in [0.05, 0.1) is 23.1 Å². The fourth-order valence-electron chi connectivity index (χ4n) is 3.78. The number of rotatable bonds is 7. The Bertz CT molecular complexity index is 789. The van der Waals surface area contributed by atoms with Crippen molar-refractivity contribution >= 4 is 23.0 Å². The Kier molecular flexibility index (Phi) is 5.55. The maximum absolute atomic E-state index is 12.8. The lowest BCUT2D eigenvalue weighted by Crippen LogP contribution is -2.20. The van der Waals surface area contributed by atoms with Crippen molar-refractivity contribution in [1.29, 1.82) is 0 Å². The van der Waals surface area contributed by atoms with Crippen molar-refractivity contribution in [3.05, 3.63) is 47.0 Å². The molecule has 0 aromatic heterocycles. The van der Waals surface area contributed by atoms with Gasteiger partial charge in [-0.2, -0.15) is 0 Å². The zero-order valence-electron chi connectivity index (χ0n) is 15.6. The monoisotopic (exact) mass is 387 g/mol. The van der Waals surface area contributed by atoms with Gasteiger partial charge in [0.15, 0.2) is 0 Å². The second-order valence-corrected chi connectivity index (χ2v) is 8.33. The zero-order chi connectivity index (χ0) is 18.8. The molecular formula is C22H27ClFN3. The largest absolute Gasteiger partial charge is 0.396 e. The van der Waals surface area contributed by atoms with E-state index in [1.165, 1.54) is 18.4 Å². The number of halogens is 2. The Labute approximate surface area is 165 Å². The molecule has 1 aliphatic heterocycles. The van der Waals surface area contributed by atoms with Crippen molar-refractivity contribution < 1.29 is 4.39 Å². The molecule has 2 aromatic carbocycles. The van der Waals surface area contributed by atoms with Crippen molar-refractivity contribution in [3.63, 3.8) is 0 Å². The molecule has 0 amide bonds. The van der Waals surface area contributed by atoms with Crippen molar-refractivity contribution in [1.82, 2.24) is 4.90 Å². The van der Waals surface area contributed by atoms with Gasteiger partial charge in [-0.3, -0.25) is 9.29 Å². The molecule has 5 heteroatoms. The first-order valence-corrected chi connectivity index (χ1v) is 10.2. The molecule has 1 saturated heterocycles. The summed E-state index contributed by atoms with van der Waals surface area (Å²) >= 11 is 6.56. The number of hydrogen-bond donors (Lipinski definition) is 2. The average molecular weight is 388 g/mol. The van der Waals surface area contributed by atoms with E-state index in [9.17, 15) is 4.39 Å². The lowest BCUT2D eigenvalue weighted by Gasteiger charge is -2.16. The van der Waals surface area contributed by atoms with Crippen molar-refractivity contribution in [2.24, 2.45) is 11.8 Å². The summed E-state index contributed by atoms with van der Waals surface area (Å²) in [6.07, 6.45) is 3.57. The predicted molar refractivity (Wildman–Crippen MR) is 112 cm³/mol. The summed E-state index contributed by atoms with van der Waals surface area (Å²) in [5, 5.41) is 4.02. The van der Waals surface area contributed by atoms with E-state index in [4.69, 9.17) is 17.3 Å². The maximum Gasteiger partial charge on any atom is 0.0935 e. The maximum atomic E-state index is 12.8. The lowest BCUT2D eigenvalue weighted by atomic mass is 10.0. The molecular weight excluding hydrogens is 361 g/mol. The third-order valence-electron chi connectivity index (χ3n) is 5.72. The molecule has 27 heavy (non-hydrogen) atoms. The van der Waals surface area contributed by atoms with Crippen LogP contribution in [-0.4, -0.2) is 31.2 Å². The number of nitrogen functional groups attached to an aromatic ring is 1. The van der Waals surface area contributed by atoms with Gasteiger partial charge in [0, 0.05) is 31.1 Å². The first-order valence-electron chi connectivity index (χ1n) is 9.83. The Morgan fingerprint density at radius 2 is 1.85 bits per heavy atom. The third kappa shape index (κ3) is 4.39. The molecule has 144 valence electrons. The summed E-state index contributed by atoms with van der Waals surface area (Å²) in [6.45, 7) is 3.47. The normalized spacial score (nSPS) is 20.1. The molecule has 3 nitrogen and oxygen atoms in total. The van der Waals surface area contributed by atoms with E-state index >= 15 is 0 Å². The summed E-state index contributed by atoms with van der Waals surface area (Å²) in [5.41, 5.74) is 11.1. The van der Waals surface area contributed by atoms with Gasteiger partial charge in [0.25, 0.3) is 0 Å². The highest BCUT2D eigenvalue weighted by Gasteiger charge is 2.22. The van der Waals surface area contributed by atoms with Gasteiger partial charge in [-0.1, -0.05) is 41.9 Å². The highest BCUT2D eigenvalue weighted by Crippen LogP contribution is 2.38. The van der Waals surface area contributed by atoms with Gasteiger partial charge in [-0.15, -0.1) is 0 Å². The van der Waals surface area contributed by atoms with E-state index in [0.29, 0.717) is 10.7 Å². The molecule has 0 radical (unpaired) electrons. The molecule has 4 rings (SSSR count). The standard InChI is InChI=1S/C22H27ClFN3/c23-21-19(7-8-20(22(21)25)26-12-15-1-2-15)18-5-3-16(4-6-18)13-27-10-9-17(11-24)14-27/h3-8,15,17,26H,1-2,9-14,25H2. The van der Waals surface area contributed by atoms with Crippen LogP contribution in [0.5, 0.6) is 0 Å². The molecule has 3 N–H and O–H groups in total. The number of hydrogen-bond acceptors (Lipinski definition) is 3. The third-order valence-corrected chi connectivity index (χ3v) is 6.12. The minimum Gasteiger partial charge on any atom is -0.396 e. The molecule has 1 unspecified atom stereocenters. The molecule has 1 aliphatic carbocycles. The van der Waals surface area contributed by atoms with Crippen LogP contribution in [-0.2, 0) is 6.54 Å². The fraction of sp³-hybridized carbons (Fsp3) is 0.455. The number of nitrogens with one attached hydrogen (secondary N) is 1. The molecule has 0 spiro atoms. The Morgan fingerprint density at radius 3 is 2.52 bits per heavy atom. The average Bonchev–Trinajstić information content (AvgIpc) is 3.41. The van der Waals surface area contributed by atoms with E-state index in [1.54, 1.807) is 0 Å². The predicted octanol–water partition coefficient (Wildman–Crippen LogP) is 5.20. The van der Waals surface area contributed by atoms with E-state index in [2.05, 4.69) is 34.5 Å². The molecule has 1 heterocycles. The molecule has 2 aliphatic rings. The Morgan fingerprint density at radius 1 is 1.07 bits per heavy atom. The smallest absolute Gasteiger partial charge is 0.0935 e. The summed E-state index contributed by atoms with van der Waals surface area (Å²) in [6, 6.07) is 12.5. The van der Waals surface area contributed by atoms with Gasteiger partial charge in [-0.05, 0) is 48.9 Å². The van der Waals surface area contributed by atoms with E-state index in [0.717, 1.165) is 55.3 Å². The number of nitrogens with zero attached hydrogens (tertiary/aromatic N) is 1. The van der Waals surface area contributed by atoms with E-state index in [1.807, 2.05) is 12.1 Å². The van der Waals surface area contributed by atoms with Crippen LogP contribution < -0.4 is 11.1 Å². The first kappa shape index (κ1) is 18.6. The number of likely N-dealkylation sites (tertiary alicyclic amines) is 1. The lowest BCUT2D eigenvalue weighted by molar-refractivity contribution is 0.296. The van der Waals surface area contributed by atoms with Gasteiger partial charge in [0.1, 0.15) is 0 Å².